The maximum atomic E-state index is 10.8. The highest BCUT2D eigenvalue weighted by Crippen LogP contribution is 2.44. The molecule has 0 amide bonds. The van der Waals surface area contributed by atoms with Gasteiger partial charge in [-0.15, -0.1) is 0 Å². The summed E-state index contributed by atoms with van der Waals surface area (Å²) in [4.78, 5) is 0. The summed E-state index contributed by atoms with van der Waals surface area (Å²) in [5, 5.41) is 10.8. The second kappa shape index (κ2) is 3.54. The van der Waals surface area contributed by atoms with Crippen LogP contribution in [0.1, 0.15) is 34.6 Å². The van der Waals surface area contributed by atoms with Gasteiger partial charge in [-0.05, 0) is 11.3 Å². The van der Waals surface area contributed by atoms with E-state index in [2.05, 4.69) is 46.8 Å². The Bertz CT molecular complexity index is 243. The van der Waals surface area contributed by atoms with Crippen molar-refractivity contribution >= 4 is 0 Å². The summed E-state index contributed by atoms with van der Waals surface area (Å²) in [6.07, 6.45) is 8.21. The van der Waals surface area contributed by atoms with Crippen molar-refractivity contribution in [3.05, 3.63) is 24.3 Å². The van der Waals surface area contributed by atoms with Gasteiger partial charge in [-0.2, -0.15) is 0 Å². The smallest absolute Gasteiger partial charge is 0.0815 e. The average Bonchev–Trinajstić information content (AvgIpc) is 2.52. The van der Waals surface area contributed by atoms with Crippen molar-refractivity contribution in [1.29, 1.82) is 0 Å². The Balaban J connectivity index is 3.05. The van der Waals surface area contributed by atoms with Crippen molar-refractivity contribution in [1.82, 2.24) is 0 Å². The normalized spacial score (nSPS) is 21.9. The van der Waals surface area contributed by atoms with Gasteiger partial charge < -0.3 is 5.11 Å². The van der Waals surface area contributed by atoms with Gasteiger partial charge in [-0.3, -0.25) is 0 Å². The minimum absolute atomic E-state index is 0.106. The predicted molar refractivity (Wildman–Crippen MR) is 61.0 cm³/mol. The molecule has 0 spiro atoms. The highest BCUT2D eigenvalue weighted by atomic mass is 16.3. The zero-order valence-corrected chi connectivity index (χ0v) is 9.91. The lowest BCUT2D eigenvalue weighted by Gasteiger charge is -2.47. The van der Waals surface area contributed by atoms with Crippen LogP contribution in [0.4, 0.5) is 0 Å². The van der Waals surface area contributed by atoms with Crippen molar-refractivity contribution in [2.75, 3.05) is 0 Å². The van der Waals surface area contributed by atoms with E-state index >= 15 is 0 Å². The first-order valence-corrected chi connectivity index (χ1v) is 5.37. The fourth-order valence-corrected chi connectivity index (χ4v) is 2.48. The van der Waals surface area contributed by atoms with Crippen LogP contribution in [-0.4, -0.2) is 10.7 Å². The monoisotopic (exact) mass is 194 g/mol. The lowest BCUT2D eigenvalue weighted by molar-refractivity contribution is -0.113. The molecule has 0 aromatic heterocycles. The Labute approximate surface area is 87.5 Å². The van der Waals surface area contributed by atoms with Crippen LogP contribution in [0.3, 0.4) is 0 Å². The molecule has 1 unspecified atom stereocenters. The van der Waals surface area contributed by atoms with Crippen molar-refractivity contribution in [3.63, 3.8) is 0 Å². The molecule has 1 atom stereocenters. The summed E-state index contributed by atoms with van der Waals surface area (Å²) >= 11 is 0. The largest absolute Gasteiger partial charge is 0.388 e. The molecule has 1 heteroatoms. The molecule has 1 rings (SSSR count). The molecular formula is C13H22O. The van der Waals surface area contributed by atoms with Gasteiger partial charge in [0.2, 0.25) is 0 Å². The highest BCUT2D eigenvalue weighted by Gasteiger charge is 2.47. The van der Waals surface area contributed by atoms with Gasteiger partial charge in [0.05, 0.1) is 5.60 Å². The molecule has 1 nitrogen and oxygen atoms in total. The Kier molecular flexibility index (Phi) is 2.91. The Morgan fingerprint density at radius 3 is 1.79 bits per heavy atom. The minimum Gasteiger partial charge on any atom is -0.388 e. The quantitative estimate of drug-likeness (QED) is 0.716. The summed E-state index contributed by atoms with van der Waals surface area (Å²) in [5.41, 5.74) is -0.763. The van der Waals surface area contributed by atoms with E-state index in [1.54, 1.807) is 0 Å². The van der Waals surface area contributed by atoms with E-state index in [-0.39, 0.29) is 17.3 Å². The Morgan fingerprint density at radius 2 is 1.50 bits per heavy atom. The van der Waals surface area contributed by atoms with Gasteiger partial charge in [0.15, 0.2) is 0 Å². The van der Waals surface area contributed by atoms with E-state index in [9.17, 15) is 5.11 Å². The SMILES string of the molecule is CC(C)C(O)(C1C=CC=C1)C(C)(C)C. The number of aliphatic hydroxyl groups is 1. The van der Waals surface area contributed by atoms with Gasteiger partial charge in [0, 0.05) is 5.92 Å². The van der Waals surface area contributed by atoms with Gasteiger partial charge >= 0.3 is 0 Å². The third kappa shape index (κ3) is 1.66. The van der Waals surface area contributed by atoms with E-state index in [4.69, 9.17) is 0 Å². The lowest BCUT2D eigenvalue weighted by Crippen LogP contribution is -2.52. The number of hydrogen-bond acceptors (Lipinski definition) is 1. The van der Waals surface area contributed by atoms with Crippen molar-refractivity contribution in [3.8, 4) is 0 Å². The molecule has 0 heterocycles. The molecule has 0 radical (unpaired) electrons. The van der Waals surface area contributed by atoms with Crippen molar-refractivity contribution in [2.45, 2.75) is 40.2 Å². The van der Waals surface area contributed by atoms with E-state index in [1.807, 2.05) is 12.2 Å². The van der Waals surface area contributed by atoms with Crippen LogP contribution in [0.25, 0.3) is 0 Å². The molecular weight excluding hydrogens is 172 g/mol. The zero-order valence-electron chi connectivity index (χ0n) is 9.91. The van der Waals surface area contributed by atoms with Gasteiger partial charge in [-0.25, -0.2) is 0 Å². The fourth-order valence-electron chi connectivity index (χ4n) is 2.48. The molecule has 0 saturated carbocycles. The second-order valence-electron chi connectivity index (χ2n) is 5.53. The molecule has 80 valence electrons. The number of hydrogen-bond donors (Lipinski definition) is 1. The lowest BCUT2D eigenvalue weighted by atomic mass is 9.63. The highest BCUT2D eigenvalue weighted by molar-refractivity contribution is 5.24. The second-order valence-corrected chi connectivity index (χ2v) is 5.53. The zero-order chi connectivity index (χ0) is 11.0. The first-order chi connectivity index (χ1) is 6.30. The maximum Gasteiger partial charge on any atom is 0.0815 e. The molecule has 0 aromatic carbocycles. The molecule has 1 aliphatic carbocycles. The molecule has 1 N–H and O–H groups in total. The van der Waals surface area contributed by atoms with Crippen molar-refractivity contribution < 1.29 is 5.11 Å². The van der Waals surface area contributed by atoms with E-state index < -0.39 is 5.60 Å². The van der Waals surface area contributed by atoms with Crippen LogP contribution < -0.4 is 0 Å². The summed E-state index contributed by atoms with van der Waals surface area (Å²) in [7, 11) is 0. The van der Waals surface area contributed by atoms with Gasteiger partial charge in [0.1, 0.15) is 0 Å². The third-order valence-electron chi connectivity index (χ3n) is 3.34. The van der Waals surface area contributed by atoms with Gasteiger partial charge in [-0.1, -0.05) is 58.9 Å². The number of rotatable bonds is 2. The van der Waals surface area contributed by atoms with E-state index in [0.717, 1.165) is 0 Å². The van der Waals surface area contributed by atoms with Crippen LogP contribution >= 0.6 is 0 Å². The molecule has 1 aliphatic rings. The van der Waals surface area contributed by atoms with Gasteiger partial charge in [0.25, 0.3) is 0 Å². The first kappa shape index (κ1) is 11.5. The average molecular weight is 194 g/mol. The molecule has 0 aromatic rings. The summed E-state index contributed by atoms with van der Waals surface area (Å²) in [6, 6.07) is 0. The van der Waals surface area contributed by atoms with Crippen molar-refractivity contribution in [2.24, 2.45) is 17.3 Å². The molecule has 0 aliphatic heterocycles. The predicted octanol–water partition coefficient (Wildman–Crippen LogP) is 3.16. The molecule has 0 fully saturated rings. The first-order valence-electron chi connectivity index (χ1n) is 5.37. The van der Waals surface area contributed by atoms with Crippen LogP contribution in [0.2, 0.25) is 0 Å². The number of allylic oxidation sites excluding steroid dienone is 2. The summed E-state index contributed by atoms with van der Waals surface area (Å²) < 4.78 is 0. The maximum absolute atomic E-state index is 10.8. The van der Waals surface area contributed by atoms with Crippen LogP contribution in [0.15, 0.2) is 24.3 Å². The van der Waals surface area contributed by atoms with E-state index in [1.165, 1.54) is 0 Å². The molecule has 14 heavy (non-hydrogen) atoms. The van der Waals surface area contributed by atoms with Crippen LogP contribution in [0.5, 0.6) is 0 Å². The third-order valence-corrected chi connectivity index (χ3v) is 3.34. The fraction of sp³-hybridized carbons (Fsp3) is 0.692. The molecule has 0 saturated heterocycles. The minimum atomic E-state index is -0.656. The topological polar surface area (TPSA) is 20.2 Å². The van der Waals surface area contributed by atoms with Crippen LogP contribution in [0, 0.1) is 17.3 Å². The van der Waals surface area contributed by atoms with E-state index in [0.29, 0.717) is 0 Å². The molecule has 0 bridgehead atoms. The Morgan fingerprint density at radius 1 is 1.07 bits per heavy atom. The summed E-state index contributed by atoms with van der Waals surface area (Å²) in [5.74, 6) is 0.405. The Hall–Kier alpha value is -0.560. The van der Waals surface area contributed by atoms with Crippen LogP contribution in [-0.2, 0) is 0 Å². The summed E-state index contributed by atoms with van der Waals surface area (Å²) in [6.45, 7) is 10.5. The standard InChI is InChI=1S/C13H22O/c1-10(2)13(14,12(3,4)5)11-8-6-7-9-11/h6-11,14H,1-5H3.